The molecule has 2 aromatic rings. The predicted molar refractivity (Wildman–Crippen MR) is 109 cm³/mol. The second-order valence-corrected chi connectivity index (χ2v) is 7.42. The van der Waals surface area contributed by atoms with Crippen molar-refractivity contribution < 1.29 is 4.79 Å². The second kappa shape index (κ2) is 7.45. The van der Waals surface area contributed by atoms with Gasteiger partial charge in [0, 0.05) is 12.8 Å². The number of hydrogen-bond donors (Lipinski definition) is 2. The summed E-state index contributed by atoms with van der Waals surface area (Å²) in [5, 5.41) is 3.37. The van der Waals surface area contributed by atoms with Gasteiger partial charge >= 0.3 is 0 Å². The number of aryl methyl sites for hydroxylation is 1. The Morgan fingerprint density at radius 3 is 2.59 bits per heavy atom. The third-order valence-electron chi connectivity index (χ3n) is 3.26. The molecule has 0 unspecified atom stereocenters. The van der Waals surface area contributed by atoms with Crippen LogP contribution < -0.4 is 11.1 Å². The van der Waals surface area contributed by atoms with Gasteiger partial charge in [-0.3, -0.25) is 4.79 Å². The number of carbonyl (C=O) groups excluding carboxylic acids is 1. The van der Waals surface area contributed by atoms with Crippen LogP contribution in [0.15, 0.2) is 43.0 Å². The number of anilines is 2. The molecule has 2 rings (SSSR count). The Labute approximate surface area is 157 Å². The molecule has 3 nitrogen and oxygen atoms in total. The molecular formula is C17H16I2N2O. The number of amides is 1. The summed E-state index contributed by atoms with van der Waals surface area (Å²) in [4.78, 5) is 11.8. The highest BCUT2D eigenvalue weighted by Gasteiger charge is 2.15. The van der Waals surface area contributed by atoms with Gasteiger partial charge in [0.2, 0.25) is 0 Å². The average Bonchev–Trinajstić information content (AvgIpc) is 2.43. The summed E-state index contributed by atoms with van der Waals surface area (Å²) < 4.78 is 2.15. The quantitative estimate of drug-likeness (QED) is 0.443. The molecule has 0 fully saturated rings. The van der Waals surface area contributed by atoms with E-state index < -0.39 is 5.91 Å². The molecule has 0 atom stereocenters. The Hall–Kier alpha value is -1.09. The van der Waals surface area contributed by atoms with Gasteiger partial charge in [-0.2, -0.15) is 0 Å². The lowest BCUT2D eigenvalue weighted by Gasteiger charge is -2.17. The summed E-state index contributed by atoms with van der Waals surface area (Å²) >= 11 is 4.47. The van der Waals surface area contributed by atoms with Gasteiger partial charge in [-0.1, -0.05) is 6.08 Å². The molecular weight excluding hydrogens is 502 g/mol. The third-order valence-corrected chi connectivity index (χ3v) is 4.56. The number of hydrogen-bond acceptors (Lipinski definition) is 2. The monoisotopic (exact) mass is 518 g/mol. The van der Waals surface area contributed by atoms with E-state index in [0.717, 1.165) is 26.1 Å². The number of nitrogens with one attached hydrogen (secondary N) is 1. The molecule has 1 amide bonds. The molecule has 0 saturated carbocycles. The lowest BCUT2D eigenvalue weighted by Crippen LogP contribution is -2.15. The van der Waals surface area contributed by atoms with Gasteiger partial charge in [0.25, 0.3) is 5.91 Å². The van der Waals surface area contributed by atoms with Crippen LogP contribution in [0.25, 0.3) is 0 Å². The first-order valence-corrected chi connectivity index (χ1v) is 8.84. The smallest absolute Gasteiger partial charge is 0.250 e. The van der Waals surface area contributed by atoms with Crippen LogP contribution in [0.2, 0.25) is 0 Å². The van der Waals surface area contributed by atoms with Crippen LogP contribution in [0.3, 0.4) is 0 Å². The highest BCUT2D eigenvalue weighted by Crippen LogP contribution is 2.30. The van der Waals surface area contributed by atoms with E-state index in [0.29, 0.717) is 12.0 Å². The zero-order valence-corrected chi connectivity index (χ0v) is 16.4. The minimum atomic E-state index is -0.436. The summed E-state index contributed by atoms with van der Waals surface area (Å²) in [5.41, 5.74) is 9.91. The number of primary amides is 1. The maximum Gasteiger partial charge on any atom is 0.250 e. The summed E-state index contributed by atoms with van der Waals surface area (Å²) in [5.74, 6) is -0.436. The molecule has 22 heavy (non-hydrogen) atoms. The second-order valence-electron chi connectivity index (χ2n) is 4.93. The molecule has 3 N–H and O–H groups in total. The number of benzene rings is 2. The Balaban J connectivity index is 2.56. The Morgan fingerprint density at radius 2 is 2.00 bits per heavy atom. The molecule has 0 spiro atoms. The molecule has 114 valence electrons. The van der Waals surface area contributed by atoms with Gasteiger partial charge < -0.3 is 11.1 Å². The third kappa shape index (κ3) is 4.01. The maximum atomic E-state index is 11.8. The van der Waals surface area contributed by atoms with Crippen molar-refractivity contribution >= 4 is 62.5 Å². The van der Waals surface area contributed by atoms with Gasteiger partial charge in [0.15, 0.2) is 0 Å². The first kappa shape index (κ1) is 17.3. The molecule has 0 saturated heterocycles. The molecule has 0 aliphatic rings. The fourth-order valence-electron chi connectivity index (χ4n) is 2.22. The molecule has 0 aliphatic heterocycles. The average molecular weight is 518 g/mol. The van der Waals surface area contributed by atoms with Gasteiger partial charge in [-0.15, -0.1) is 6.58 Å². The van der Waals surface area contributed by atoms with Gasteiger partial charge in [-0.25, -0.2) is 0 Å². The Kier molecular flexibility index (Phi) is 5.85. The van der Waals surface area contributed by atoms with E-state index in [4.69, 9.17) is 5.73 Å². The van der Waals surface area contributed by atoms with E-state index >= 15 is 0 Å². The summed E-state index contributed by atoms with van der Waals surface area (Å²) in [7, 11) is 0. The van der Waals surface area contributed by atoms with E-state index in [1.165, 1.54) is 3.57 Å². The van der Waals surface area contributed by atoms with E-state index in [1.807, 2.05) is 31.2 Å². The molecule has 0 heterocycles. The number of rotatable bonds is 5. The molecule has 0 bridgehead atoms. The number of nitrogens with two attached hydrogens (primary N) is 1. The standard InChI is InChI=1S/C17H16I2N2O/c1-3-4-11-8-13(19)9-14(17(20)22)16(11)21-15-6-5-12(18)7-10(15)2/h3,5-9,21H,1,4H2,2H3,(H2,20,22). The van der Waals surface area contributed by atoms with Gasteiger partial charge in [0.1, 0.15) is 0 Å². The number of allylic oxidation sites excluding steroid dienone is 1. The lowest BCUT2D eigenvalue weighted by molar-refractivity contribution is 0.100. The summed E-state index contributed by atoms with van der Waals surface area (Å²) in [6.07, 6.45) is 2.49. The van der Waals surface area contributed by atoms with Crippen LogP contribution in [0.1, 0.15) is 21.5 Å². The molecule has 0 radical (unpaired) electrons. The van der Waals surface area contributed by atoms with Crippen molar-refractivity contribution in [1.29, 1.82) is 0 Å². The minimum absolute atomic E-state index is 0.436. The zero-order valence-electron chi connectivity index (χ0n) is 12.1. The number of carbonyl (C=O) groups is 1. The highest BCUT2D eigenvalue weighted by atomic mass is 127. The van der Waals surface area contributed by atoms with E-state index in [-0.39, 0.29) is 0 Å². The zero-order chi connectivity index (χ0) is 16.3. The lowest BCUT2D eigenvalue weighted by atomic mass is 10.0. The molecule has 0 aliphatic carbocycles. The van der Waals surface area contributed by atoms with Crippen molar-refractivity contribution in [3.8, 4) is 0 Å². The van der Waals surface area contributed by atoms with Crippen molar-refractivity contribution in [1.82, 2.24) is 0 Å². The van der Waals surface area contributed by atoms with Crippen molar-refractivity contribution in [2.24, 2.45) is 5.73 Å². The minimum Gasteiger partial charge on any atom is -0.366 e. The predicted octanol–water partition coefficient (Wildman–Crippen LogP) is 4.78. The number of halogens is 2. The fourth-order valence-corrected chi connectivity index (χ4v) is 3.56. The fraction of sp³-hybridized carbons (Fsp3) is 0.118. The van der Waals surface area contributed by atoms with E-state index in [1.54, 1.807) is 6.07 Å². The van der Waals surface area contributed by atoms with Crippen molar-refractivity contribution in [3.05, 3.63) is 66.8 Å². The van der Waals surface area contributed by atoms with Crippen molar-refractivity contribution in [3.63, 3.8) is 0 Å². The van der Waals surface area contributed by atoms with Crippen LogP contribution >= 0.6 is 45.2 Å². The topological polar surface area (TPSA) is 55.1 Å². The van der Waals surface area contributed by atoms with E-state index in [9.17, 15) is 4.79 Å². The van der Waals surface area contributed by atoms with Crippen LogP contribution in [0.5, 0.6) is 0 Å². The summed E-state index contributed by atoms with van der Waals surface area (Å²) in [6, 6.07) is 9.98. The Bertz CT molecular complexity index is 742. The van der Waals surface area contributed by atoms with Crippen LogP contribution in [-0.4, -0.2) is 5.91 Å². The highest BCUT2D eigenvalue weighted by molar-refractivity contribution is 14.1. The molecule has 0 aromatic heterocycles. The van der Waals surface area contributed by atoms with Crippen molar-refractivity contribution in [2.75, 3.05) is 5.32 Å². The largest absolute Gasteiger partial charge is 0.366 e. The van der Waals surface area contributed by atoms with Crippen LogP contribution in [0, 0.1) is 14.1 Å². The normalized spacial score (nSPS) is 10.3. The molecule has 5 heteroatoms. The SMILES string of the molecule is C=CCc1cc(I)cc(C(N)=O)c1Nc1ccc(I)cc1C. The van der Waals surface area contributed by atoms with E-state index in [2.05, 4.69) is 63.1 Å². The van der Waals surface area contributed by atoms with Crippen LogP contribution in [0.4, 0.5) is 11.4 Å². The van der Waals surface area contributed by atoms with Crippen LogP contribution in [-0.2, 0) is 6.42 Å². The summed E-state index contributed by atoms with van der Waals surface area (Å²) in [6.45, 7) is 5.83. The first-order valence-electron chi connectivity index (χ1n) is 6.68. The first-order chi connectivity index (χ1) is 10.4. The molecule has 2 aromatic carbocycles. The van der Waals surface area contributed by atoms with Crippen molar-refractivity contribution in [2.45, 2.75) is 13.3 Å². The maximum absolute atomic E-state index is 11.8. The van der Waals surface area contributed by atoms with Gasteiger partial charge in [-0.05, 0) is 100.0 Å². The Morgan fingerprint density at radius 1 is 1.27 bits per heavy atom. The van der Waals surface area contributed by atoms with Gasteiger partial charge in [0.05, 0.1) is 11.3 Å².